The monoisotopic (exact) mass is 579 g/mol. The second-order valence-electron chi connectivity index (χ2n) is 8.35. The van der Waals surface area contributed by atoms with Crippen LogP contribution in [0.5, 0.6) is 0 Å². The Morgan fingerprint density at radius 3 is 1.62 bits per heavy atom. The van der Waals surface area contributed by atoms with Crippen LogP contribution in [0.15, 0.2) is 118 Å². The molecule has 0 fully saturated rings. The first kappa shape index (κ1) is 28.3. The van der Waals surface area contributed by atoms with Gasteiger partial charge in [0.25, 0.3) is 10.0 Å². The maximum absolute atomic E-state index is 13.1. The van der Waals surface area contributed by atoms with Gasteiger partial charge in [-0.2, -0.15) is 0 Å². The van der Waals surface area contributed by atoms with Crippen molar-refractivity contribution in [1.82, 2.24) is 0 Å². The lowest BCUT2D eigenvalue weighted by Gasteiger charge is -2.10. The summed E-state index contributed by atoms with van der Waals surface area (Å²) in [6.07, 6.45) is 0. The zero-order valence-corrected chi connectivity index (χ0v) is 22.8. The second-order valence-corrected chi connectivity index (χ2v) is 12.0. The van der Waals surface area contributed by atoms with Crippen molar-refractivity contribution < 1.29 is 31.2 Å². The lowest BCUT2D eigenvalue weighted by molar-refractivity contribution is 0.0526. The van der Waals surface area contributed by atoms with Gasteiger partial charge in [-0.05, 0) is 91.9 Å². The van der Waals surface area contributed by atoms with E-state index in [2.05, 4.69) is 15.4 Å². The van der Waals surface area contributed by atoms with Crippen LogP contribution in [0.3, 0.4) is 0 Å². The summed E-state index contributed by atoms with van der Waals surface area (Å²) in [5.41, 5.74) is 1.51. The minimum Gasteiger partial charge on any atom is -0.462 e. The number of carbonyl (C=O) groups is 2. The number of benzene rings is 4. The first-order valence-electron chi connectivity index (χ1n) is 12.0. The van der Waals surface area contributed by atoms with Crippen LogP contribution >= 0.6 is 0 Å². The average molecular weight is 580 g/mol. The number of sulfonamides is 1. The molecule has 0 unspecified atom stereocenters. The highest BCUT2D eigenvalue weighted by molar-refractivity contribution is 7.93. The average Bonchev–Trinajstić information content (AvgIpc) is 2.94. The Labute approximate surface area is 232 Å². The van der Waals surface area contributed by atoms with Crippen LogP contribution in [0.4, 0.5) is 21.9 Å². The molecule has 2 amide bonds. The van der Waals surface area contributed by atoms with Crippen LogP contribution in [-0.2, 0) is 24.6 Å². The number of urea groups is 1. The fourth-order valence-corrected chi connectivity index (χ4v) is 5.89. The molecule has 10 nitrogen and oxygen atoms in total. The van der Waals surface area contributed by atoms with Gasteiger partial charge in [0.05, 0.1) is 26.9 Å². The number of hydrogen-bond donors (Lipinski definition) is 3. The molecular formula is C28H25N3O7S2. The molecule has 3 N–H and O–H groups in total. The first-order chi connectivity index (χ1) is 19.1. The highest BCUT2D eigenvalue weighted by Gasteiger charge is 2.20. The van der Waals surface area contributed by atoms with Crippen LogP contribution in [-0.4, -0.2) is 35.4 Å². The van der Waals surface area contributed by atoms with Crippen molar-refractivity contribution in [3.8, 4) is 0 Å². The van der Waals surface area contributed by atoms with Crippen LogP contribution in [0, 0.1) is 0 Å². The molecular weight excluding hydrogens is 554 g/mol. The lowest BCUT2D eigenvalue weighted by atomic mass is 10.2. The SMILES string of the molecule is CCOC(=O)c1ccc(NC(=O)Nc2ccc(S(=O)(=O)c3ccc(S(=O)(=O)Nc4ccccc4)cc3)cc2)cc1. The van der Waals surface area contributed by atoms with Crippen molar-refractivity contribution >= 4 is 48.9 Å². The summed E-state index contributed by atoms with van der Waals surface area (Å²) in [7, 11) is -7.85. The number of hydrogen-bond acceptors (Lipinski definition) is 7. The Balaban J connectivity index is 1.39. The van der Waals surface area contributed by atoms with E-state index >= 15 is 0 Å². The molecule has 0 bridgehead atoms. The van der Waals surface area contributed by atoms with Crippen molar-refractivity contribution in [2.24, 2.45) is 0 Å². The second kappa shape index (κ2) is 12.0. The molecule has 0 aliphatic carbocycles. The topological polar surface area (TPSA) is 148 Å². The summed E-state index contributed by atoms with van der Waals surface area (Å²) >= 11 is 0. The molecule has 0 aliphatic heterocycles. The van der Waals surface area contributed by atoms with Crippen molar-refractivity contribution in [1.29, 1.82) is 0 Å². The highest BCUT2D eigenvalue weighted by Crippen LogP contribution is 2.25. The molecule has 0 atom stereocenters. The standard InChI is InChI=1S/C28H25N3O7S2/c1-2-38-27(32)20-8-10-21(11-9-20)29-28(33)30-22-12-14-24(15-13-22)39(34,35)25-16-18-26(19-17-25)40(36,37)31-23-6-4-3-5-7-23/h3-19,31H,2H2,1H3,(H2,29,30,33). The van der Waals surface area contributed by atoms with Crippen LogP contribution in [0.2, 0.25) is 0 Å². The minimum atomic E-state index is -3.95. The molecule has 4 aromatic rings. The van der Waals surface area contributed by atoms with Crippen molar-refractivity contribution in [2.75, 3.05) is 22.0 Å². The molecule has 206 valence electrons. The molecule has 4 aromatic carbocycles. The van der Waals surface area contributed by atoms with E-state index in [1.54, 1.807) is 49.4 Å². The van der Waals surface area contributed by atoms with Crippen LogP contribution in [0.1, 0.15) is 17.3 Å². The number of esters is 1. The largest absolute Gasteiger partial charge is 0.462 e. The smallest absolute Gasteiger partial charge is 0.338 e. The first-order valence-corrected chi connectivity index (χ1v) is 14.9. The van der Waals surface area contributed by atoms with Gasteiger partial charge in [0.2, 0.25) is 9.84 Å². The summed E-state index contributed by atoms with van der Waals surface area (Å²) in [5, 5.41) is 5.22. The van der Waals surface area contributed by atoms with E-state index in [-0.39, 0.29) is 21.3 Å². The summed E-state index contributed by atoms with van der Waals surface area (Å²) in [5.74, 6) is -0.463. The van der Waals surface area contributed by atoms with Crippen LogP contribution in [0.25, 0.3) is 0 Å². The molecule has 0 saturated heterocycles. The van der Waals surface area contributed by atoms with Gasteiger partial charge in [0.1, 0.15) is 0 Å². The quantitative estimate of drug-likeness (QED) is 0.233. The van der Waals surface area contributed by atoms with Gasteiger partial charge in [0, 0.05) is 17.1 Å². The third-order valence-corrected chi connectivity index (χ3v) is 8.73. The third kappa shape index (κ3) is 6.84. The number of nitrogens with one attached hydrogen (secondary N) is 3. The number of carbonyl (C=O) groups excluding carboxylic acids is 2. The number of sulfone groups is 1. The zero-order valence-electron chi connectivity index (χ0n) is 21.2. The number of anilines is 3. The Hall–Kier alpha value is -4.68. The van der Waals surface area contributed by atoms with Gasteiger partial charge < -0.3 is 15.4 Å². The Kier molecular flexibility index (Phi) is 8.51. The predicted molar refractivity (Wildman–Crippen MR) is 151 cm³/mol. The normalized spacial score (nSPS) is 11.3. The van der Waals surface area contributed by atoms with Crippen LogP contribution < -0.4 is 15.4 Å². The summed E-state index contributed by atoms with van der Waals surface area (Å²) < 4.78 is 58.8. The fourth-order valence-electron chi connectivity index (χ4n) is 3.57. The molecule has 12 heteroatoms. The summed E-state index contributed by atoms with van der Waals surface area (Å²) in [6.45, 7) is 1.96. The molecule has 0 aliphatic rings. The van der Waals surface area contributed by atoms with E-state index < -0.39 is 31.9 Å². The van der Waals surface area contributed by atoms with Gasteiger partial charge in [-0.3, -0.25) is 4.72 Å². The Bertz CT molecular complexity index is 1710. The maximum atomic E-state index is 13.1. The number of amides is 2. The summed E-state index contributed by atoms with van der Waals surface area (Å²) in [6, 6.07) is 24.3. The zero-order chi connectivity index (χ0) is 28.8. The van der Waals surface area contributed by atoms with Gasteiger partial charge in [0.15, 0.2) is 0 Å². The molecule has 4 rings (SSSR count). The number of ether oxygens (including phenoxy) is 1. The van der Waals surface area contributed by atoms with Gasteiger partial charge >= 0.3 is 12.0 Å². The number of para-hydroxylation sites is 1. The van der Waals surface area contributed by atoms with E-state index in [1.165, 1.54) is 60.7 Å². The highest BCUT2D eigenvalue weighted by atomic mass is 32.2. The predicted octanol–water partition coefficient (Wildman–Crippen LogP) is 5.14. The Morgan fingerprint density at radius 2 is 1.10 bits per heavy atom. The van der Waals surface area contributed by atoms with E-state index in [0.29, 0.717) is 22.6 Å². The molecule has 0 saturated carbocycles. The van der Waals surface area contributed by atoms with Crippen molar-refractivity contribution in [3.63, 3.8) is 0 Å². The van der Waals surface area contributed by atoms with E-state index in [9.17, 15) is 26.4 Å². The fraction of sp³-hybridized carbons (Fsp3) is 0.0714. The third-order valence-electron chi connectivity index (χ3n) is 5.55. The van der Waals surface area contributed by atoms with E-state index in [4.69, 9.17) is 4.74 Å². The van der Waals surface area contributed by atoms with Crippen molar-refractivity contribution in [2.45, 2.75) is 21.6 Å². The minimum absolute atomic E-state index is 0.0361. The molecule has 0 aromatic heterocycles. The molecule has 40 heavy (non-hydrogen) atoms. The van der Waals surface area contributed by atoms with Gasteiger partial charge in [-0.25, -0.2) is 26.4 Å². The summed E-state index contributed by atoms with van der Waals surface area (Å²) in [4.78, 5) is 23.9. The Morgan fingerprint density at radius 1 is 0.625 bits per heavy atom. The van der Waals surface area contributed by atoms with Gasteiger partial charge in [-0.1, -0.05) is 18.2 Å². The number of rotatable bonds is 9. The molecule has 0 heterocycles. The van der Waals surface area contributed by atoms with Crippen molar-refractivity contribution in [3.05, 3.63) is 109 Å². The molecule has 0 radical (unpaired) electrons. The van der Waals surface area contributed by atoms with E-state index in [0.717, 1.165) is 0 Å². The lowest BCUT2D eigenvalue weighted by Crippen LogP contribution is -2.19. The molecule has 0 spiro atoms. The van der Waals surface area contributed by atoms with Gasteiger partial charge in [-0.15, -0.1) is 0 Å². The maximum Gasteiger partial charge on any atom is 0.338 e. The van der Waals surface area contributed by atoms with E-state index in [1.807, 2.05) is 0 Å².